The summed E-state index contributed by atoms with van der Waals surface area (Å²) in [6.45, 7) is 4.88. The van der Waals surface area contributed by atoms with Gasteiger partial charge in [0, 0.05) is 31.6 Å². The molecule has 4 rings (SSSR count). The quantitative estimate of drug-likeness (QED) is 0.710. The van der Waals surface area contributed by atoms with E-state index in [2.05, 4.69) is 5.32 Å². The van der Waals surface area contributed by atoms with Crippen molar-refractivity contribution in [1.82, 2.24) is 15.1 Å². The summed E-state index contributed by atoms with van der Waals surface area (Å²) in [5, 5.41) is 2.82. The van der Waals surface area contributed by atoms with Crippen molar-refractivity contribution in [3.8, 4) is 11.5 Å². The fourth-order valence-electron chi connectivity index (χ4n) is 4.34. The molecule has 0 radical (unpaired) electrons. The Morgan fingerprint density at radius 2 is 1.94 bits per heavy atom. The van der Waals surface area contributed by atoms with Crippen LogP contribution in [-0.2, 0) is 9.53 Å². The third-order valence-electron chi connectivity index (χ3n) is 5.97. The van der Waals surface area contributed by atoms with Crippen LogP contribution in [0.25, 0.3) is 0 Å². The lowest BCUT2D eigenvalue weighted by molar-refractivity contribution is -0.136. The van der Waals surface area contributed by atoms with Crippen LogP contribution >= 0.6 is 0 Å². The zero-order chi connectivity index (χ0) is 24.7. The zero-order valence-electron chi connectivity index (χ0n) is 19.4. The Hall–Kier alpha value is -3.11. The van der Waals surface area contributed by atoms with Crippen LogP contribution < -0.4 is 14.8 Å². The first-order valence-corrected chi connectivity index (χ1v) is 11.3. The number of halogens is 2. The molecule has 0 unspecified atom stereocenters. The highest BCUT2D eigenvalue weighted by atomic mass is 19.3. The van der Waals surface area contributed by atoms with Gasteiger partial charge in [0.2, 0.25) is 12.7 Å². The Balaban J connectivity index is 1.42. The van der Waals surface area contributed by atoms with Gasteiger partial charge in [-0.15, -0.1) is 0 Å². The number of hydrogen-bond acceptors (Lipinski definition) is 6. The summed E-state index contributed by atoms with van der Waals surface area (Å²) in [6, 6.07) is 3.93. The van der Waals surface area contributed by atoms with Gasteiger partial charge in [-0.1, -0.05) is 0 Å². The maximum absolute atomic E-state index is 13.7. The highest BCUT2D eigenvalue weighted by molar-refractivity contribution is 5.95. The predicted molar refractivity (Wildman–Crippen MR) is 116 cm³/mol. The summed E-state index contributed by atoms with van der Waals surface area (Å²) in [5.74, 6) is -2.98. The molecule has 0 saturated carbocycles. The molecule has 0 spiro atoms. The van der Waals surface area contributed by atoms with E-state index < -0.39 is 42.5 Å². The molecule has 3 aliphatic rings. The van der Waals surface area contributed by atoms with Gasteiger partial charge in [0.15, 0.2) is 11.5 Å². The monoisotopic (exact) mass is 481 g/mol. The minimum absolute atomic E-state index is 0.0595. The van der Waals surface area contributed by atoms with Crippen molar-refractivity contribution in [3.05, 3.63) is 23.8 Å². The molecule has 2 atom stereocenters. The van der Waals surface area contributed by atoms with Crippen LogP contribution in [0.15, 0.2) is 18.2 Å². The number of ether oxygens (including phenoxy) is 3. The van der Waals surface area contributed by atoms with Crippen molar-refractivity contribution >= 4 is 17.9 Å². The van der Waals surface area contributed by atoms with Gasteiger partial charge in [-0.25, -0.2) is 13.6 Å². The minimum Gasteiger partial charge on any atom is -0.454 e. The first-order chi connectivity index (χ1) is 15.9. The molecule has 3 heterocycles. The molecule has 1 aromatic carbocycles. The molecule has 34 heavy (non-hydrogen) atoms. The number of rotatable bonds is 4. The maximum Gasteiger partial charge on any atom is 0.410 e. The molecule has 1 N–H and O–H groups in total. The Morgan fingerprint density at radius 1 is 1.21 bits per heavy atom. The van der Waals surface area contributed by atoms with Gasteiger partial charge in [0.05, 0.1) is 6.54 Å². The normalized spacial score (nSPS) is 23.2. The van der Waals surface area contributed by atoms with E-state index in [4.69, 9.17) is 14.2 Å². The smallest absolute Gasteiger partial charge is 0.410 e. The zero-order valence-corrected chi connectivity index (χ0v) is 19.4. The molecule has 1 aromatic rings. The first-order valence-electron chi connectivity index (χ1n) is 11.3. The number of benzene rings is 1. The summed E-state index contributed by atoms with van der Waals surface area (Å²) in [4.78, 5) is 40.9. The molecule has 3 aliphatic heterocycles. The number of nitrogens with one attached hydrogen (secondary N) is 1. The van der Waals surface area contributed by atoms with E-state index in [1.807, 2.05) is 0 Å². The van der Waals surface area contributed by atoms with Crippen molar-refractivity contribution in [1.29, 1.82) is 0 Å². The fraction of sp³-hybridized carbons (Fsp3) is 0.609. The number of carbonyl (C=O) groups is 3. The summed E-state index contributed by atoms with van der Waals surface area (Å²) in [7, 11) is 0. The van der Waals surface area contributed by atoms with Crippen LogP contribution in [0.4, 0.5) is 13.6 Å². The second-order valence-electron chi connectivity index (χ2n) is 9.89. The summed E-state index contributed by atoms with van der Waals surface area (Å²) in [5.41, 5.74) is -0.394. The maximum atomic E-state index is 13.7. The third kappa shape index (κ3) is 5.34. The first kappa shape index (κ1) is 24.0. The van der Waals surface area contributed by atoms with Crippen LogP contribution in [-0.4, -0.2) is 78.2 Å². The van der Waals surface area contributed by atoms with Crippen molar-refractivity contribution in [2.75, 3.05) is 33.0 Å². The van der Waals surface area contributed by atoms with Gasteiger partial charge >= 0.3 is 6.09 Å². The molecular formula is C23H29F2N3O6. The van der Waals surface area contributed by atoms with Gasteiger partial charge in [-0.3, -0.25) is 14.5 Å². The van der Waals surface area contributed by atoms with Gasteiger partial charge in [-0.05, 0) is 51.3 Å². The van der Waals surface area contributed by atoms with E-state index in [1.54, 1.807) is 39.0 Å². The van der Waals surface area contributed by atoms with E-state index in [0.717, 1.165) is 4.90 Å². The standard InChI is InChI=1S/C23H29F2N3O6/c1-22(2,3)34-21(31)28-11-14(8-16(28)20(30)27-7-6-23(24,25)12-27)10-26-19(29)15-4-5-17-18(9-15)33-13-32-17/h4-5,9,14,16H,6-8,10-13H2,1-3H3,(H,26,29)/t14-,16+/m1/s1. The van der Waals surface area contributed by atoms with Gasteiger partial charge in [0.1, 0.15) is 11.6 Å². The number of alkyl halides is 2. The van der Waals surface area contributed by atoms with Gasteiger partial charge in [0.25, 0.3) is 11.8 Å². The number of carbonyl (C=O) groups excluding carboxylic acids is 3. The summed E-state index contributed by atoms with van der Waals surface area (Å²) < 4.78 is 43.4. The Kier molecular flexibility index (Phi) is 6.30. The van der Waals surface area contributed by atoms with E-state index in [1.165, 1.54) is 4.90 Å². The SMILES string of the molecule is CC(C)(C)OC(=O)N1C[C@@H](CNC(=O)c2ccc3c(c2)OCO3)C[C@H]1C(=O)N1CCC(F)(F)C1. The third-order valence-corrected chi connectivity index (χ3v) is 5.97. The fourth-order valence-corrected chi connectivity index (χ4v) is 4.34. The Labute approximate surface area is 196 Å². The number of hydrogen-bond donors (Lipinski definition) is 1. The number of nitrogens with zero attached hydrogens (tertiary/aromatic N) is 2. The second-order valence-corrected chi connectivity index (χ2v) is 9.89. The van der Waals surface area contributed by atoms with E-state index in [9.17, 15) is 23.2 Å². The molecule has 2 saturated heterocycles. The van der Waals surface area contributed by atoms with Gasteiger partial charge in [-0.2, -0.15) is 0 Å². The van der Waals surface area contributed by atoms with Crippen molar-refractivity contribution < 1.29 is 37.4 Å². The van der Waals surface area contributed by atoms with Crippen LogP contribution in [0, 0.1) is 5.92 Å². The average molecular weight is 481 g/mol. The van der Waals surface area contributed by atoms with Gasteiger partial charge < -0.3 is 24.4 Å². The van der Waals surface area contributed by atoms with E-state index in [0.29, 0.717) is 17.1 Å². The van der Waals surface area contributed by atoms with Crippen LogP contribution in [0.2, 0.25) is 0 Å². The van der Waals surface area contributed by atoms with Crippen molar-refractivity contribution in [2.45, 2.75) is 51.2 Å². The summed E-state index contributed by atoms with van der Waals surface area (Å²) >= 11 is 0. The molecule has 2 fully saturated rings. The second kappa shape index (κ2) is 8.92. The van der Waals surface area contributed by atoms with E-state index in [-0.39, 0.29) is 44.7 Å². The lowest BCUT2D eigenvalue weighted by Crippen LogP contribution is -2.48. The highest BCUT2D eigenvalue weighted by Gasteiger charge is 2.47. The predicted octanol–water partition coefficient (Wildman–Crippen LogP) is 2.64. The highest BCUT2D eigenvalue weighted by Crippen LogP contribution is 2.33. The van der Waals surface area contributed by atoms with Crippen molar-refractivity contribution in [2.24, 2.45) is 5.92 Å². The Bertz CT molecular complexity index is 980. The number of fused-ring (bicyclic) bond motifs is 1. The van der Waals surface area contributed by atoms with Crippen LogP contribution in [0.3, 0.4) is 0 Å². The van der Waals surface area contributed by atoms with E-state index >= 15 is 0 Å². The molecular weight excluding hydrogens is 452 g/mol. The van der Waals surface area contributed by atoms with Crippen LogP contribution in [0.5, 0.6) is 11.5 Å². The Morgan fingerprint density at radius 3 is 2.62 bits per heavy atom. The van der Waals surface area contributed by atoms with Crippen molar-refractivity contribution in [3.63, 3.8) is 0 Å². The molecule has 0 aromatic heterocycles. The molecule has 0 aliphatic carbocycles. The lowest BCUT2D eigenvalue weighted by atomic mass is 10.0. The molecule has 11 heteroatoms. The summed E-state index contributed by atoms with van der Waals surface area (Å²) in [6.07, 6.45) is -0.838. The number of amides is 3. The average Bonchev–Trinajstić information content (AvgIpc) is 3.47. The molecule has 186 valence electrons. The van der Waals surface area contributed by atoms with Crippen LogP contribution in [0.1, 0.15) is 44.0 Å². The lowest BCUT2D eigenvalue weighted by Gasteiger charge is -2.30. The minimum atomic E-state index is -2.93. The topological polar surface area (TPSA) is 97.4 Å². The molecule has 0 bridgehead atoms. The molecule has 3 amide bonds. The number of likely N-dealkylation sites (tertiary alicyclic amines) is 2. The largest absolute Gasteiger partial charge is 0.454 e. The molecule has 9 nitrogen and oxygen atoms in total.